The van der Waals surface area contributed by atoms with Gasteiger partial charge in [-0.2, -0.15) is 0 Å². The topological polar surface area (TPSA) is 12.0 Å². The first kappa shape index (κ1) is 15.6. The lowest BCUT2D eigenvalue weighted by atomic mass is 10.0. The average molecular weight is 289 g/mol. The predicted molar refractivity (Wildman–Crippen MR) is 82.0 cm³/mol. The Morgan fingerprint density at radius 1 is 0.952 bits per heavy atom. The summed E-state index contributed by atoms with van der Waals surface area (Å²) in [7, 11) is 0. The van der Waals surface area contributed by atoms with Gasteiger partial charge in [0.25, 0.3) is 0 Å². The zero-order chi connectivity index (χ0) is 15.2. The van der Waals surface area contributed by atoms with Gasteiger partial charge in [-0.25, -0.2) is 8.78 Å². The second kappa shape index (κ2) is 7.32. The van der Waals surface area contributed by atoms with Gasteiger partial charge in [-0.15, -0.1) is 0 Å². The fourth-order valence-corrected chi connectivity index (χ4v) is 2.30. The van der Waals surface area contributed by atoms with Gasteiger partial charge in [0.2, 0.25) is 0 Å². The zero-order valence-corrected chi connectivity index (χ0v) is 12.5. The quantitative estimate of drug-likeness (QED) is 0.808. The van der Waals surface area contributed by atoms with Crippen LogP contribution >= 0.6 is 0 Å². The van der Waals surface area contributed by atoms with Gasteiger partial charge in [-0.05, 0) is 42.2 Å². The molecular weight excluding hydrogens is 268 g/mol. The third-order valence-electron chi connectivity index (χ3n) is 3.61. The van der Waals surface area contributed by atoms with Crippen molar-refractivity contribution in [3.8, 4) is 0 Å². The maximum Gasteiger partial charge on any atom is 0.159 e. The molecule has 2 rings (SSSR count). The smallest absolute Gasteiger partial charge is 0.159 e. The summed E-state index contributed by atoms with van der Waals surface area (Å²) >= 11 is 0. The van der Waals surface area contributed by atoms with Crippen LogP contribution in [-0.2, 0) is 13.0 Å². The van der Waals surface area contributed by atoms with E-state index in [0.29, 0.717) is 6.54 Å². The lowest BCUT2D eigenvalue weighted by Gasteiger charge is -2.15. The predicted octanol–water partition coefficient (Wildman–Crippen LogP) is 4.77. The molecule has 1 unspecified atom stereocenters. The molecule has 1 atom stereocenters. The van der Waals surface area contributed by atoms with Crippen LogP contribution < -0.4 is 5.32 Å². The molecule has 2 aromatic carbocycles. The Balaban J connectivity index is 1.94. The summed E-state index contributed by atoms with van der Waals surface area (Å²) in [5.74, 6) is -1.61. The molecule has 0 aliphatic heterocycles. The summed E-state index contributed by atoms with van der Waals surface area (Å²) in [6, 6.07) is 12.7. The number of rotatable bonds is 6. The Hall–Kier alpha value is -1.74. The van der Waals surface area contributed by atoms with Gasteiger partial charge in [0.15, 0.2) is 11.6 Å². The first-order chi connectivity index (χ1) is 10.1. The summed E-state index contributed by atoms with van der Waals surface area (Å²) in [4.78, 5) is 0. The van der Waals surface area contributed by atoms with Crippen molar-refractivity contribution in [2.24, 2.45) is 0 Å². The Kier molecular flexibility index (Phi) is 5.45. The molecule has 0 heterocycles. The average Bonchev–Trinajstić information content (AvgIpc) is 2.49. The lowest BCUT2D eigenvalue weighted by Crippen LogP contribution is -2.18. The normalized spacial score (nSPS) is 12.4. The molecule has 1 N–H and O–H groups in total. The summed E-state index contributed by atoms with van der Waals surface area (Å²) in [6.45, 7) is 4.74. The molecule has 0 spiro atoms. The highest BCUT2D eigenvalue weighted by Gasteiger charge is 2.07. The van der Waals surface area contributed by atoms with E-state index in [-0.39, 0.29) is 6.04 Å². The van der Waals surface area contributed by atoms with E-state index in [9.17, 15) is 8.78 Å². The van der Waals surface area contributed by atoms with Crippen molar-refractivity contribution in [3.63, 3.8) is 0 Å². The minimum absolute atomic E-state index is 0.161. The first-order valence-corrected chi connectivity index (χ1v) is 7.36. The van der Waals surface area contributed by atoms with Crippen molar-refractivity contribution < 1.29 is 8.78 Å². The molecule has 0 fully saturated rings. The third kappa shape index (κ3) is 4.36. The Bertz CT molecular complexity index is 578. The van der Waals surface area contributed by atoms with Crippen LogP contribution in [0.25, 0.3) is 0 Å². The summed E-state index contributed by atoms with van der Waals surface area (Å²) in [5.41, 5.74) is 3.27. The molecular formula is C18H21F2N. The molecule has 0 radical (unpaired) electrons. The molecule has 0 aromatic heterocycles. The van der Waals surface area contributed by atoms with Crippen molar-refractivity contribution in [1.82, 2.24) is 5.32 Å². The molecule has 0 bridgehead atoms. The van der Waals surface area contributed by atoms with E-state index in [0.717, 1.165) is 24.5 Å². The van der Waals surface area contributed by atoms with E-state index in [1.165, 1.54) is 17.2 Å². The third-order valence-corrected chi connectivity index (χ3v) is 3.61. The molecule has 2 aromatic rings. The Morgan fingerprint density at radius 3 is 2.24 bits per heavy atom. The zero-order valence-electron chi connectivity index (χ0n) is 12.5. The van der Waals surface area contributed by atoms with E-state index >= 15 is 0 Å². The lowest BCUT2D eigenvalue weighted by molar-refractivity contribution is 0.504. The van der Waals surface area contributed by atoms with Crippen LogP contribution in [0.4, 0.5) is 8.78 Å². The Morgan fingerprint density at radius 2 is 1.62 bits per heavy atom. The number of benzene rings is 2. The largest absolute Gasteiger partial charge is 0.306 e. The van der Waals surface area contributed by atoms with Crippen molar-refractivity contribution in [3.05, 3.63) is 70.8 Å². The van der Waals surface area contributed by atoms with Crippen LogP contribution in [0.15, 0.2) is 42.5 Å². The van der Waals surface area contributed by atoms with Crippen LogP contribution in [0.3, 0.4) is 0 Å². The number of hydrogen-bond donors (Lipinski definition) is 1. The van der Waals surface area contributed by atoms with E-state index in [4.69, 9.17) is 0 Å². The van der Waals surface area contributed by atoms with Crippen LogP contribution in [0.1, 0.15) is 43.0 Å². The molecule has 0 aliphatic carbocycles. The molecule has 21 heavy (non-hydrogen) atoms. The SMILES string of the molecule is CCCc1ccc(C(C)NCc2ccc(F)c(F)c2)cc1. The Labute approximate surface area is 125 Å². The van der Waals surface area contributed by atoms with Gasteiger partial charge in [0, 0.05) is 12.6 Å². The highest BCUT2D eigenvalue weighted by Crippen LogP contribution is 2.16. The summed E-state index contributed by atoms with van der Waals surface area (Å²) in [5, 5.41) is 3.32. The van der Waals surface area contributed by atoms with Crippen molar-refractivity contribution in [1.29, 1.82) is 0 Å². The van der Waals surface area contributed by atoms with E-state index in [1.54, 1.807) is 6.07 Å². The first-order valence-electron chi connectivity index (χ1n) is 7.36. The maximum atomic E-state index is 13.1. The van der Waals surface area contributed by atoms with Crippen molar-refractivity contribution >= 4 is 0 Å². The number of aryl methyl sites for hydroxylation is 1. The molecule has 0 amide bonds. The summed E-state index contributed by atoms with van der Waals surface area (Å²) in [6.07, 6.45) is 2.24. The molecule has 0 saturated heterocycles. The highest BCUT2D eigenvalue weighted by atomic mass is 19.2. The van der Waals surface area contributed by atoms with Gasteiger partial charge >= 0.3 is 0 Å². The maximum absolute atomic E-state index is 13.1. The van der Waals surface area contributed by atoms with Gasteiger partial charge in [-0.1, -0.05) is 43.7 Å². The minimum Gasteiger partial charge on any atom is -0.306 e. The van der Waals surface area contributed by atoms with Crippen LogP contribution in [0, 0.1) is 11.6 Å². The van der Waals surface area contributed by atoms with Gasteiger partial charge in [0.1, 0.15) is 0 Å². The minimum atomic E-state index is -0.807. The molecule has 0 saturated carbocycles. The van der Waals surface area contributed by atoms with Crippen LogP contribution in [-0.4, -0.2) is 0 Å². The molecule has 3 heteroatoms. The van der Waals surface area contributed by atoms with Gasteiger partial charge < -0.3 is 5.32 Å². The fraction of sp³-hybridized carbons (Fsp3) is 0.333. The van der Waals surface area contributed by atoms with Crippen molar-refractivity contribution in [2.75, 3.05) is 0 Å². The second-order valence-corrected chi connectivity index (χ2v) is 5.34. The number of nitrogens with one attached hydrogen (secondary N) is 1. The van der Waals surface area contributed by atoms with Gasteiger partial charge in [-0.3, -0.25) is 0 Å². The molecule has 112 valence electrons. The molecule has 0 aliphatic rings. The van der Waals surface area contributed by atoms with Crippen molar-refractivity contribution in [2.45, 2.75) is 39.3 Å². The van der Waals surface area contributed by atoms with Crippen LogP contribution in [0.2, 0.25) is 0 Å². The molecule has 1 nitrogen and oxygen atoms in total. The second-order valence-electron chi connectivity index (χ2n) is 5.34. The standard InChI is InChI=1S/C18H21F2N/c1-3-4-14-5-8-16(9-6-14)13(2)21-12-15-7-10-17(19)18(20)11-15/h5-11,13,21H,3-4,12H2,1-2H3. The number of halogens is 2. The van der Waals surface area contributed by atoms with E-state index in [1.807, 2.05) is 0 Å². The summed E-state index contributed by atoms with van der Waals surface area (Å²) < 4.78 is 26.0. The van der Waals surface area contributed by atoms with E-state index < -0.39 is 11.6 Å². The fourth-order valence-electron chi connectivity index (χ4n) is 2.30. The monoisotopic (exact) mass is 289 g/mol. The number of hydrogen-bond acceptors (Lipinski definition) is 1. The highest BCUT2D eigenvalue weighted by molar-refractivity contribution is 5.25. The van der Waals surface area contributed by atoms with E-state index in [2.05, 4.69) is 43.4 Å². The van der Waals surface area contributed by atoms with Crippen LogP contribution in [0.5, 0.6) is 0 Å². The van der Waals surface area contributed by atoms with Gasteiger partial charge in [0.05, 0.1) is 0 Å².